The maximum absolute atomic E-state index is 13.7. The fourth-order valence-corrected chi connectivity index (χ4v) is 10.7. The first-order valence-corrected chi connectivity index (χ1v) is 18.6. The van der Waals surface area contributed by atoms with Crippen LogP contribution in [0.5, 0.6) is 5.88 Å². The van der Waals surface area contributed by atoms with E-state index in [2.05, 4.69) is 75.5 Å². The first-order valence-electron chi connectivity index (χ1n) is 16.3. The van der Waals surface area contributed by atoms with Gasteiger partial charge in [-0.25, -0.2) is 9.97 Å². The number of aromatic nitrogens is 5. The molecule has 0 spiro atoms. The van der Waals surface area contributed by atoms with Crippen molar-refractivity contribution >= 4 is 53.1 Å². The molecule has 11 nitrogen and oxygen atoms in total. The average molecular weight is 718 g/mol. The Hall–Kier alpha value is -5.45. The molecule has 0 saturated carbocycles. The number of anilines is 1. The number of amides is 1. The molecule has 1 atom stereocenters. The number of fused-ring (bicyclic) bond motifs is 1. The van der Waals surface area contributed by atoms with Gasteiger partial charge in [0.1, 0.15) is 17.3 Å². The van der Waals surface area contributed by atoms with Crippen LogP contribution in [0.25, 0.3) is 22.4 Å². The molecule has 0 unspecified atom stereocenters. The first kappa shape index (κ1) is 35.4. The summed E-state index contributed by atoms with van der Waals surface area (Å²) < 4.78 is 19.4. The summed E-state index contributed by atoms with van der Waals surface area (Å²) in [6, 6.07) is 33.0. The van der Waals surface area contributed by atoms with E-state index in [1.807, 2.05) is 54.6 Å². The van der Waals surface area contributed by atoms with Crippen LogP contribution in [0.1, 0.15) is 26.3 Å². The summed E-state index contributed by atoms with van der Waals surface area (Å²) >= 11 is 6.47. The predicted molar refractivity (Wildman–Crippen MR) is 199 cm³/mol. The molecule has 3 aromatic carbocycles. The van der Waals surface area contributed by atoms with Gasteiger partial charge in [0.2, 0.25) is 12.0 Å². The Morgan fingerprint density at radius 1 is 0.922 bits per heavy atom. The first-order chi connectivity index (χ1) is 24.7. The Balaban J connectivity index is 1.25. The van der Waals surface area contributed by atoms with Crippen molar-refractivity contribution in [2.45, 2.75) is 31.9 Å². The van der Waals surface area contributed by atoms with Crippen LogP contribution < -0.4 is 20.4 Å². The van der Waals surface area contributed by atoms with Gasteiger partial charge in [-0.05, 0) is 39.7 Å². The molecule has 0 radical (unpaired) electrons. The van der Waals surface area contributed by atoms with E-state index in [4.69, 9.17) is 30.8 Å². The SMILES string of the molecule is CC(C)(C)[Si](OCCOC[C@H](Oc1nc(-c2ccccc2Cl)nc2[nH]ncc12)C(=O)Nc1ccc(C#N)cn1)(c1ccccc1)c1ccccc1. The molecule has 0 aliphatic carbocycles. The fourth-order valence-electron chi connectivity index (χ4n) is 5.91. The van der Waals surface area contributed by atoms with E-state index in [9.17, 15) is 4.79 Å². The van der Waals surface area contributed by atoms with Gasteiger partial charge < -0.3 is 19.2 Å². The summed E-state index contributed by atoms with van der Waals surface area (Å²) in [5.41, 5.74) is 1.35. The quantitative estimate of drug-likeness (QED) is 0.110. The fraction of sp³-hybridized carbons (Fsp3) is 0.211. The van der Waals surface area contributed by atoms with Gasteiger partial charge >= 0.3 is 0 Å². The Morgan fingerprint density at radius 2 is 1.61 bits per heavy atom. The van der Waals surface area contributed by atoms with E-state index < -0.39 is 20.3 Å². The lowest BCUT2D eigenvalue weighted by Crippen LogP contribution is -2.66. The highest BCUT2D eigenvalue weighted by Gasteiger charge is 2.50. The monoisotopic (exact) mass is 717 g/mol. The smallest absolute Gasteiger partial charge is 0.269 e. The zero-order valence-electron chi connectivity index (χ0n) is 28.3. The van der Waals surface area contributed by atoms with Crippen LogP contribution in [0, 0.1) is 11.3 Å². The van der Waals surface area contributed by atoms with Crippen molar-refractivity contribution in [1.29, 1.82) is 5.26 Å². The molecule has 6 rings (SSSR count). The van der Waals surface area contributed by atoms with E-state index in [0.29, 0.717) is 33.0 Å². The molecular weight excluding hydrogens is 682 g/mol. The molecule has 3 heterocycles. The van der Waals surface area contributed by atoms with E-state index >= 15 is 0 Å². The molecule has 258 valence electrons. The number of benzene rings is 3. The average Bonchev–Trinajstić information content (AvgIpc) is 3.62. The van der Waals surface area contributed by atoms with Crippen LogP contribution >= 0.6 is 11.6 Å². The summed E-state index contributed by atoms with van der Waals surface area (Å²) in [6.45, 7) is 6.94. The number of hydrogen-bond donors (Lipinski definition) is 2. The van der Waals surface area contributed by atoms with Crippen LogP contribution in [-0.2, 0) is 14.0 Å². The largest absolute Gasteiger partial charge is 0.461 e. The molecule has 0 aliphatic rings. The van der Waals surface area contributed by atoms with Crippen LogP contribution in [0.2, 0.25) is 10.1 Å². The molecule has 2 N–H and O–H groups in total. The third-order valence-electron chi connectivity index (χ3n) is 8.31. The van der Waals surface area contributed by atoms with Gasteiger partial charge in [-0.3, -0.25) is 9.89 Å². The van der Waals surface area contributed by atoms with Crippen LogP contribution in [0.4, 0.5) is 5.82 Å². The van der Waals surface area contributed by atoms with Gasteiger partial charge in [0.15, 0.2) is 11.5 Å². The Morgan fingerprint density at radius 3 is 2.24 bits per heavy atom. The molecular formula is C38H36ClN7O4Si. The number of aromatic amines is 1. The second-order valence-corrected chi connectivity index (χ2v) is 17.4. The molecule has 6 aromatic rings. The minimum Gasteiger partial charge on any atom is -0.461 e. The molecule has 0 aliphatic heterocycles. The van der Waals surface area contributed by atoms with E-state index in [-0.39, 0.29) is 36.6 Å². The molecule has 0 fully saturated rings. The van der Waals surface area contributed by atoms with Gasteiger partial charge in [0.25, 0.3) is 14.2 Å². The number of nitriles is 1. The summed E-state index contributed by atoms with van der Waals surface area (Å²) in [6.07, 6.45) is 1.72. The molecule has 51 heavy (non-hydrogen) atoms. The summed E-state index contributed by atoms with van der Waals surface area (Å²) in [7, 11) is -2.79. The van der Waals surface area contributed by atoms with Crippen molar-refractivity contribution in [2.75, 3.05) is 25.1 Å². The van der Waals surface area contributed by atoms with Crippen molar-refractivity contribution < 1.29 is 18.7 Å². The number of carbonyl (C=O) groups excluding carboxylic acids is 1. The maximum Gasteiger partial charge on any atom is 0.269 e. The van der Waals surface area contributed by atoms with Crippen molar-refractivity contribution in [2.24, 2.45) is 0 Å². The second kappa shape index (κ2) is 15.6. The van der Waals surface area contributed by atoms with Crippen molar-refractivity contribution in [3.8, 4) is 23.3 Å². The third-order valence-corrected chi connectivity index (χ3v) is 13.7. The summed E-state index contributed by atoms with van der Waals surface area (Å²) in [4.78, 5) is 27.1. The van der Waals surface area contributed by atoms with Gasteiger partial charge in [-0.2, -0.15) is 15.3 Å². The second-order valence-electron chi connectivity index (χ2n) is 12.7. The van der Waals surface area contributed by atoms with E-state index in [0.717, 1.165) is 10.4 Å². The van der Waals surface area contributed by atoms with Crippen LogP contribution in [0.15, 0.2) is 109 Å². The highest BCUT2D eigenvalue weighted by atomic mass is 35.5. The van der Waals surface area contributed by atoms with Crippen LogP contribution in [0.3, 0.4) is 0 Å². The Labute approximate surface area is 301 Å². The minimum atomic E-state index is -2.79. The number of nitrogens with one attached hydrogen (secondary N) is 2. The molecule has 13 heteroatoms. The number of pyridine rings is 1. The summed E-state index contributed by atoms with van der Waals surface area (Å²) in [5, 5.41) is 21.9. The van der Waals surface area contributed by atoms with Crippen molar-refractivity contribution in [3.05, 3.63) is 120 Å². The molecule has 1 amide bonds. The number of hydrogen-bond acceptors (Lipinski definition) is 9. The molecule has 0 bridgehead atoms. The highest BCUT2D eigenvalue weighted by Crippen LogP contribution is 2.36. The van der Waals surface area contributed by atoms with Crippen molar-refractivity contribution in [1.82, 2.24) is 25.1 Å². The number of halogens is 1. The third kappa shape index (κ3) is 7.82. The highest BCUT2D eigenvalue weighted by molar-refractivity contribution is 6.99. The number of rotatable bonds is 13. The lowest BCUT2D eigenvalue weighted by Gasteiger charge is -2.43. The zero-order valence-corrected chi connectivity index (χ0v) is 30.1. The number of nitrogens with zero attached hydrogens (tertiary/aromatic N) is 5. The standard InChI is InChI=1S/C38H36ClN7O4Si/c1-38(2,3)51(27-12-6-4-7-13-27,28-14-8-5-9-15-28)49-21-20-48-25-32(36(47)43-33-19-18-26(22-40)23-41-33)50-37-30-24-42-46-35(30)44-34(45-37)29-16-10-11-17-31(29)39/h4-19,23-24,32H,20-21,25H2,1-3H3,(H,41,43,47)(H,42,44,45,46)/t32-/m0/s1. The number of carbonyl (C=O) groups is 1. The minimum absolute atomic E-state index is 0.115. The lowest BCUT2D eigenvalue weighted by atomic mass is 10.2. The van der Waals surface area contributed by atoms with Gasteiger partial charge in [0, 0.05) is 11.8 Å². The van der Waals surface area contributed by atoms with Crippen molar-refractivity contribution in [3.63, 3.8) is 0 Å². The predicted octanol–water partition coefficient (Wildman–Crippen LogP) is 5.92. The van der Waals surface area contributed by atoms with E-state index in [1.54, 1.807) is 24.3 Å². The normalized spacial score (nSPS) is 12.3. The van der Waals surface area contributed by atoms with Gasteiger partial charge in [-0.15, -0.1) is 0 Å². The van der Waals surface area contributed by atoms with Crippen LogP contribution in [-0.4, -0.2) is 65.3 Å². The number of H-pyrrole nitrogens is 1. The topological polar surface area (TPSA) is 148 Å². The van der Waals surface area contributed by atoms with Gasteiger partial charge in [0.05, 0.1) is 36.6 Å². The number of ether oxygens (including phenoxy) is 2. The van der Waals surface area contributed by atoms with E-state index in [1.165, 1.54) is 12.4 Å². The van der Waals surface area contributed by atoms with Gasteiger partial charge in [-0.1, -0.05) is 105 Å². The molecule has 0 saturated heterocycles. The molecule has 3 aromatic heterocycles. The Bertz CT molecular complexity index is 2100. The Kier molecular flexibility index (Phi) is 10.8. The summed E-state index contributed by atoms with van der Waals surface area (Å²) in [5.74, 6) is 0.119. The lowest BCUT2D eigenvalue weighted by molar-refractivity contribution is -0.125. The zero-order chi connectivity index (χ0) is 35.8. The maximum atomic E-state index is 13.7.